The number of amides is 1. The molecule has 2 aromatic carbocycles. The van der Waals surface area contributed by atoms with Gasteiger partial charge in [0, 0.05) is 27.5 Å². The molecule has 0 heterocycles. The summed E-state index contributed by atoms with van der Waals surface area (Å²) < 4.78 is 5.32. The summed E-state index contributed by atoms with van der Waals surface area (Å²) in [4.78, 5) is 11.7. The molecule has 0 spiro atoms. The average Bonchev–Trinajstić information content (AvgIpc) is 2.35. The van der Waals surface area contributed by atoms with Gasteiger partial charge in [0.15, 0.2) is 6.61 Å². The lowest BCUT2D eigenvalue weighted by atomic mass is 10.3. The minimum atomic E-state index is -0.314. The lowest BCUT2D eigenvalue weighted by Gasteiger charge is -2.08. The van der Waals surface area contributed by atoms with Crippen LogP contribution >= 0.6 is 23.2 Å². The highest BCUT2D eigenvalue weighted by atomic mass is 35.5. The SMILES string of the molecule is Nc1cccc(OCC(=O)Nc2cc(Cl)cc(Cl)c2)c1. The van der Waals surface area contributed by atoms with Gasteiger partial charge in [-0.3, -0.25) is 4.79 Å². The molecule has 0 aliphatic heterocycles. The molecule has 3 N–H and O–H groups in total. The van der Waals surface area contributed by atoms with Gasteiger partial charge in [-0.1, -0.05) is 29.3 Å². The van der Waals surface area contributed by atoms with E-state index in [1.54, 1.807) is 42.5 Å². The summed E-state index contributed by atoms with van der Waals surface area (Å²) in [5.41, 5.74) is 6.70. The van der Waals surface area contributed by atoms with Crippen molar-refractivity contribution in [1.29, 1.82) is 0 Å². The molecule has 0 aliphatic carbocycles. The summed E-state index contributed by atoms with van der Waals surface area (Å²) in [7, 11) is 0. The third-order valence-corrected chi connectivity index (χ3v) is 2.81. The van der Waals surface area contributed by atoms with Gasteiger partial charge in [-0.15, -0.1) is 0 Å². The molecule has 104 valence electrons. The van der Waals surface area contributed by atoms with Gasteiger partial charge in [-0.05, 0) is 30.3 Å². The van der Waals surface area contributed by atoms with Crippen molar-refractivity contribution in [3.8, 4) is 5.75 Å². The van der Waals surface area contributed by atoms with Crippen molar-refractivity contribution in [2.75, 3.05) is 17.7 Å². The highest BCUT2D eigenvalue weighted by molar-refractivity contribution is 6.35. The number of halogens is 2. The molecule has 6 heteroatoms. The first-order valence-electron chi connectivity index (χ1n) is 5.77. The number of hydrogen-bond donors (Lipinski definition) is 2. The lowest BCUT2D eigenvalue weighted by Crippen LogP contribution is -2.20. The van der Waals surface area contributed by atoms with E-state index < -0.39 is 0 Å². The Morgan fingerprint density at radius 2 is 1.85 bits per heavy atom. The number of nitrogens with two attached hydrogens (primary N) is 1. The number of ether oxygens (including phenoxy) is 1. The maximum Gasteiger partial charge on any atom is 0.262 e. The molecule has 0 radical (unpaired) electrons. The molecule has 0 unspecified atom stereocenters. The number of nitrogens with one attached hydrogen (secondary N) is 1. The van der Waals surface area contributed by atoms with Gasteiger partial charge in [0.25, 0.3) is 5.91 Å². The quantitative estimate of drug-likeness (QED) is 0.848. The first-order chi connectivity index (χ1) is 9.52. The van der Waals surface area contributed by atoms with Crippen LogP contribution in [0.5, 0.6) is 5.75 Å². The van der Waals surface area contributed by atoms with Crippen molar-refractivity contribution in [1.82, 2.24) is 0 Å². The molecule has 0 bridgehead atoms. The van der Waals surface area contributed by atoms with Crippen LogP contribution in [0, 0.1) is 0 Å². The fourth-order valence-corrected chi connectivity index (χ4v) is 2.10. The summed E-state index contributed by atoms with van der Waals surface area (Å²) in [5, 5.41) is 3.54. The summed E-state index contributed by atoms with van der Waals surface area (Å²) in [5.74, 6) is 0.218. The predicted octanol–water partition coefficient (Wildman–Crippen LogP) is 3.59. The Bertz CT molecular complexity index is 612. The zero-order valence-electron chi connectivity index (χ0n) is 10.4. The Balaban J connectivity index is 1.92. The van der Waals surface area contributed by atoms with E-state index in [2.05, 4.69) is 5.32 Å². The van der Waals surface area contributed by atoms with Crippen molar-refractivity contribution in [3.05, 3.63) is 52.5 Å². The molecule has 2 aromatic rings. The maximum atomic E-state index is 11.7. The van der Waals surface area contributed by atoms with E-state index in [-0.39, 0.29) is 12.5 Å². The summed E-state index contributed by atoms with van der Waals surface area (Å²) in [6, 6.07) is 11.6. The molecule has 0 saturated heterocycles. The second kappa shape index (κ2) is 6.50. The van der Waals surface area contributed by atoms with E-state index in [0.717, 1.165) is 0 Å². The number of hydrogen-bond acceptors (Lipinski definition) is 3. The minimum Gasteiger partial charge on any atom is -0.484 e. The molecule has 0 fully saturated rings. The van der Waals surface area contributed by atoms with Crippen LogP contribution in [0.25, 0.3) is 0 Å². The third-order valence-electron chi connectivity index (χ3n) is 2.37. The van der Waals surface area contributed by atoms with Crippen LogP contribution in [0.3, 0.4) is 0 Å². The molecule has 2 rings (SSSR count). The minimum absolute atomic E-state index is 0.131. The zero-order valence-corrected chi connectivity index (χ0v) is 11.9. The summed E-state index contributed by atoms with van der Waals surface area (Å²) in [6.07, 6.45) is 0. The monoisotopic (exact) mass is 310 g/mol. The fraction of sp³-hybridized carbons (Fsp3) is 0.0714. The molecule has 20 heavy (non-hydrogen) atoms. The topological polar surface area (TPSA) is 64.3 Å². The van der Waals surface area contributed by atoms with Crippen LogP contribution in [-0.2, 0) is 4.79 Å². The number of benzene rings is 2. The van der Waals surface area contributed by atoms with Crippen LogP contribution in [-0.4, -0.2) is 12.5 Å². The third kappa shape index (κ3) is 4.33. The highest BCUT2D eigenvalue weighted by Gasteiger charge is 2.05. The highest BCUT2D eigenvalue weighted by Crippen LogP contribution is 2.22. The van der Waals surface area contributed by atoms with Crippen molar-refractivity contribution in [2.24, 2.45) is 0 Å². The molecule has 0 saturated carbocycles. The Morgan fingerprint density at radius 3 is 2.50 bits per heavy atom. The van der Waals surface area contributed by atoms with E-state index in [0.29, 0.717) is 27.2 Å². The standard InChI is InChI=1S/C14H12Cl2N2O2/c15-9-4-10(16)6-12(5-9)18-14(19)8-20-13-3-1-2-11(17)7-13/h1-7H,8,17H2,(H,18,19). The van der Waals surface area contributed by atoms with Crippen molar-refractivity contribution < 1.29 is 9.53 Å². The number of anilines is 2. The van der Waals surface area contributed by atoms with Gasteiger partial charge >= 0.3 is 0 Å². The molecule has 0 aliphatic rings. The van der Waals surface area contributed by atoms with Crippen LogP contribution < -0.4 is 15.8 Å². The number of nitrogen functional groups attached to an aromatic ring is 1. The molecule has 4 nitrogen and oxygen atoms in total. The van der Waals surface area contributed by atoms with Crippen molar-refractivity contribution >= 4 is 40.5 Å². The summed E-state index contributed by atoms with van der Waals surface area (Å²) >= 11 is 11.7. The Labute approximate surface area is 126 Å². The molecular weight excluding hydrogens is 299 g/mol. The van der Waals surface area contributed by atoms with Crippen molar-refractivity contribution in [3.63, 3.8) is 0 Å². The van der Waals surface area contributed by atoms with Gasteiger partial charge in [0.2, 0.25) is 0 Å². The van der Waals surface area contributed by atoms with Crippen molar-refractivity contribution in [2.45, 2.75) is 0 Å². The van der Waals surface area contributed by atoms with E-state index in [9.17, 15) is 4.79 Å². The lowest BCUT2D eigenvalue weighted by molar-refractivity contribution is -0.118. The van der Waals surface area contributed by atoms with Gasteiger partial charge in [-0.25, -0.2) is 0 Å². The average molecular weight is 311 g/mol. The Hall–Kier alpha value is -1.91. The largest absolute Gasteiger partial charge is 0.484 e. The number of rotatable bonds is 4. The maximum absolute atomic E-state index is 11.7. The smallest absolute Gasteiger partial charge is 0.262 e. The Kier molecular flexibility index (Phi) is 4.71. The van der Waals surface area contributed by atoms with Crippen LogP contribution in [0.1, 0.15) is 0 Å². The molecule has 0 aromatic heterocycles. The predicted molar refractivity (Wildman–Crippen MR) is 81.4 cm³/mol. The van der Waals surface area contributed by atoms with E-state index >= 15 is 0 Å². The molecule has 1 amide bonds. The second-order valence-corrected chi connectivity index (χ2v) is 4.94. The molecular formula is C14H12Cl2N2O2. The number of carbonyl (C=O) groups is 1. The van der Waals surface area contributed by atoms with Crippen LogP contribution in [0.15, 0.2) is 42.5 Å². The van der Waals surface area contributed by atoms with Gasteiger partial charge < -0.3 is 15.8 Å². The van der Waals surface area contributed by atoms with E-state index in [1.165, 1.54) is 0 Å². The normalized spacial score (nSPS) is 10.1. The van der Waals surface area contributed by atoms with Crippen LogP contribution in [0.2, 0.25) is 10.0 Å². The number of carbonyl (C=O) groups excluding carboxylic acids is 1. The Morgan fingerprint density at radius 1 is 1.15 bits per heavy atom. The first-order valence-corrected chi connectivity index (χ1v) is 6.53. The summed E-state index contributed by atoms with van der Waals surface area (Å²) in [6.45, 7) is -0.131. The van der Waals surface area contributed by atoms with E-state index in [1.807, 2.05) is 0 Å². The van der Waals surface area contributed by atoms with Gasteiger partial charge in [0.05, 0.1) is 0 Å². The van der Waals surface area contributed by atoms with Crippen LogP contribution in [0.4, 0.5) is 11.4 Å². The molecule has 0 atom stereocenters. The second-order valence-electron chi connectivity index (χ2n) is 4.07. The van der Waals surface area contributed by atoms with Gasteiger partial charge in [0.1, 0.15) is 5.75 Å². The zero-order chi connectivity index (χ0) is 14.5. The van der Waals surface area contributed by atoms with E-state index in [4.69, 9.17) is 33.7 Å². The first kappa shape index (κ1) is 14.5. The fourth-order valence-electron chi connectivity index (χ4n) is 1.58. The van der Waals surface area contributed by atoms with Gasteiger partial charge in [-0.2, -0.15) is 0 Å².